The second-order valence-corrected chi connectivity index (χ2v) is 12.1. The number of aromatic nitrogens is 2. The molecule has 3 aromatic carbocycles. The van der Waals surface area contributed by atoms with E-state index in [4.69, 9.17) is 0 Å². The average Bonchev–Trinajstić information content (AvgIpc) is 3.29. The van der Waals surface area contributed by atoms with E-state index in [0.717, 1.165) is 0 Å². The van der Waals surface area contributed by atoms with Crippen LogP contribution in [-0.4, -0.2) is 4.57 Å². The highest BCUT2D eigenvalue weighted by atomic mass is 15.1. The topological polar surface area (TPSA) is 8.81 Å². The molecular formula is C37H35N2+. The molecule has 2 atom stereocenters. The smallest absolute Gasteiger partial charge is 0.229 e. The maximum atomic E-state index is 2.49. The predicted octanol–water partition coefficient (Wildman–Crippen LogP) is 8.88. The molecule has 2 nitrogen and oxygen atoms in total. The zero-order valence-corrected chi connectivity index (χ0v) is 23.4. The Morgan fingerprint density at radius 2 is 1.41 bits per heavy atom. The standard InChI is InChI=1S/C37H35N2/c1-24-27-16-11-12-18-29(27)33(37(2,3)4)23-32(24)34-22-21-31-30-20-19-25-13-9-10-17-28(25)35(30)39(36(31)38(34)5)26-14-7-6-8-15-26/h6-23,27,29H,1-5H3/q+1. The van der Waals surface area contributed by atoms with Gasteiger partial charge in [-0.2, -0.15) is 4.57 Å². The van der Waals surface area contributed by atoms with E-state index in [-0.39, 0.29) is 5.41 Å². The zero-order valence-electron chi connectivity index (χ0n) is 23.4. The zero-order chi connectivity index (χ0) is 26.9. The number of hydrogen-bond donors (Lipinski definition) is 0. The second-order valence-electron chi connectivity index (χ2n) is 12.1. The number of benzene rings is 3. The van der Waals surface area contributed by atoms with Crippen molar-refractivity contribution in [2.75, 3.05) is 0 Å². The van der Waals surface area contributed by atoms with E-state index >= 15 is 0 Å². The molecule has 7 rings (SSSR count). The number of allylic oxidation sites excluding steroid dienone is 8. The van der Waals surface area contributed by atoms with Gasteiger partial charge in [0.15, 0.2) is 0 Å². The van der Waals surface area contributed by atoms with E-state index in [2.05, 4.69) is 153 Å². The van der Waals surface area contributed by atoms with Crippen molar-refractivity contribution in [3.05, 3.63) is 126 Å². The van der Waals surface area contributed by atoms with Crippen LogP contribution in [0.3, 0.4) is 0 Å². The van der Waals surface area contributed by atoms with Gasteiger partial charge in [-0.15, -0.1) is 0 Å². The highest BCUT2D eigenvalue weighted by molar-refractivity contribution is 6.17. The van der Waals surface area contributed by atoms with Gasteiger partial charge in [-0.1, -0.05) is 111 Å². The summed E-state index contributed by atoms with van der Waals surface area (Å²) < 4.78 is 4.89. The Morgan fingerprint density at radius 3 is 2.18 bits per heavy atom. The normalized spacial score (nSPS) is 19.3. The summed E-state index contributed by atoms with van der Waals surface area (Å²) in [5.74, 6) is 0.818. The summed E-state index contributed by atoms with van der Waals surface area (Å²) in [6, 6.07) is 28.8. The van der Waals surface area contributed by atoms with E-state index in [1.807, 2.05) is 0 Å². The van der Waals surface area contributed by atoms with Crippen LogP contribution in [-0.2, 0) is 7.05 Å². The molecule has 2 unspecified atom stereocenters. The fourth-order valence-electron chi connectivity index (χ4n) is 6.90. The monoisotopic (exact) mass is 507 g/mol. The van der Waals surface area contributed by atoms with Gasteiger partial charge in [0, 0.05) is 28.2 Å². The van der Waals surface area contributed by atoms with Gasteiger partial charge < -0.3 is 0 Å². The first-order valence-corrected chi connectivity index (χ1v) is 14.0. The molecule has 2 aliphatic rings. The minimum atomic E-state index is 0.0882. The Hall–Kier alpha value is -4.17. The predicted molar refractivity (Wildman–Crippen MR) is 165 cm³/mol. The molecule has 0 N–H and O–H groups in total. The van der Waals surface area contributed by atoms with E-state index < -0.39 is 0 Å². The third-order valence-electron chi connectivity index (χ3n) is 8.83. The summed E-state index contributed by atoms with van der Waals surface area (Å²) in [6.45, 7) is 9.38. The molecule has 0 saturated carbocycles. The Morgan fingerprint density at radius 1 is 0.718 bits per heavy atom. The Bertz CT molecular complexity index is 1900. The lowest BCUT2D eigenvalue weighted by Crippen LogP contribution is -2.37. The molecule has 0 fully saturated rings. The van der Waals surface area contributed by atoms with Crippen LogP contribution in [0.5, 0.6) is 0 Å². The van der Waals surface area contributed by atoms with Crippen molar-refractivity contribution in [2.45, 2.75) is 27.7 Å². The van der Waals surface area contributed by atoms with Crippen LogP contribution < -0.4 is 4.57 Å². The lowest BCUT2D eigenvalue weighted by Gasteiger charge is -2.38. The summed E-state index contributed by atoms with van der Waals surface area (Å²) in [5.41, 5.74) is 9.31. The first kappa shape index (κ1) is 23.9. The number of aryl methyl sites for hydroxylation is 1. The maximum absolute atomic E-state index is 2.49. The summed E-state index contributed by atoms with van der Waals surface area (Å²) >= 11 is 0. The van der Waals surface area contributed by atoms with Crippen molar-refractivity contribution in [3.63, 3.8) is 0 Å². The molecule has 0 amide bonds. The minimum absolute atomic E-state index is 0.0882. The summed E-state index contributed by atoms with van der Waals surface area (Å²) in [5, 5.41) is 5.11. The van der Waals surface area contributed by atoms with Crippen molar-refractivity contribution < 1.29 is 4.57 Å². The Labute approximate surface area is 230 Å². The van der Waals surface area contributed by atoms with Gasteiger partial charge in [0.05, 0.1) is 12.4 Å². The van der Waals surface area contributed by atoms with E-state index in [1.165, 1.54) is 60.8 Å². The summed E-state index contributed by atoms with van der Waals surface area (Å²) in [7, 11) is 2.24. The van der Waals surface area contributed by atoms with Gasteiger partial charge >= 0.3 is 0 Å². The quantitative estimate of drug-likeness (QED) is 0.211. The molecule has 5 aromatic rings. The largest absolute Gasteiger partial charge is 0.295 e. The van der Waals surface area contributed by atoms with Gasteiger partial charge in [-0.25, -0.2) is 4.57 Å². The number of pyridine rings is 1. The van der Waals surface area contributed by atoms with E-state index in [0.29, 0.717) is 11.8 Å². The number of hydrogen-bond acceptors (Lipinski definition) is 0. The van der Waals surface area contributed by atoms with Gasteiger partial charge in [0.2, 0.25) is 0 Å². The van der Waals surface area contributed by atoms with Gasteiger partial charge in [-0.05, 0) is 48.1 Å². The summed E-state index contributed by atoms with van der Waals surface area (Å²) in [4.78, 5) is 0. The Balaban J connectivity index is 1.58. The van der Waals surface area contributed by atoms with Crippen LogP contribution in [0.4, 0.5) is 0 Å². The molecule has 2 aromatic heterocycles. The molecule has 192 valence electrons. The average molecular weight is 508 g/mol. The molecular weight excluding hydrogens is 472 g/mol. The van der Waals surface area contributed by atoms with Crippen LogP contribution in [0.15, 0.2) is 120 Å². The van der Waals surface area contributed by atoms with Crippen LogP contribution >= 0.6 is 0 Å². The summed E-state index contributed by atoms with van der Waals surface area (Å²) in [6.07, 6.45) is 11.7. The van der Waals surface area contributed by atoms with E-state index in [9.17, 15) is 0 Å². The highest BCUT2D eigenvalue weighted by Crippen LogP contribution is 2.47. The number of nitrogens with zero attached hydrogens (tertiary/aromatic N) is 2. The van der Waals surface area contributed by atoms with Crippen LogP contribution in [0.2, 0.25) is 0 Å². The molecule has 0 radical (unpaired) electrons. The molecule has 0 bridgehead atoms. The van der Waals surface area contributed by atoms with Gasteiger partial charge in [0.1, 0.15) is 16.9 Å². The first-order valence-electron chi connectivity index (χ1n) is 14.0. The third-order valence-corrected chi connectivity index (χ3v) is 8.83. The molecule has 0 saturated heterocycles. The number of para-hydroxylation sites is 1. The van der Waals surface area contributed by atoms with Crippen molar-refractivity contribution in [2.24, 2.45) is 24.3 Å². The van der Waals surface area contributed by atoms with Crippen molar-refractivity contribution in [1.29, 1.82) is 0 Å². The van der Waals surface area contributed by atoms with Crippen LogP contribution in [0, 0.1) is 17.3 Å². The van der Waals surface area contributed by atoms with Crippen molar-refractivity contribution in [1.82, 2.24) is 4.57 Å². The molecule has 2 heteroatoms. The maximum Gasteiger partial charge on any atom is 0.295 e. The molecule has 2 heterocycles. The Kier molecular flexibility index (Phi) is 5.32. The molecule has 0 spiro atoms. The minimum Gasteiger partial charge on any atom is -0.229 e. The lowest BCUT2D eigenvalue weighted by atomic mass is 9.66. The third kappa shape index (κ3) is 3.58. The molecule has 2 aliphatic carbocycles. The van der Waals surface area contributed by atoms with Crippen molar-refractivity contribution >= 4 is 38.3 Å². The van der Waals surface area contributed by atoms with Crippen LogP contribution in [0.25, 0.3) is 44.0 Å². The fraction of sp³-hybridized carbons (Fsp3) is 0.216. The lowest BCUT2D eigenvalue weighted by molar-refractivity contribution is -0.649. The molecule has 39 heavy (non-hydrogen) atoms. The first-order chi connectivity index (χ1) is 18.8. The number of rotatable bonds is 2. The fourth-order valence-corrected chi connectivity index (χ4v) is 6.90. The SMILES string of the molecule is CC1=C(c2ccc3c4ccc5ccccc5c4n(-c4ccccc4)c3[n+]2C)C=C(C(C)(C)C)C2C=CC=CC12. The number of fused-ring (bicyclic) bond motifs is 6. The van der Waals surface area contributed by atoms with Gasteiger partial charge in [-0.3, -0.25) is 0 Å². The van der Waals surface area contributed by atoms with Crippen molar-refractivity contribution in [3.8, 4) is 5.69 Å². The highest BCUT2D eigenvalue weighted by Gasteiger charge is 2.36. The van der Waals surface area contributed by atoms with E-state index in [1.54, 1.807) is 0 Å². The van der Waals surface area contributed by atoms with Crippen LogP contribution in [0.1, 0.15) is 33.4 Å². The molecule has 0 aliphatic heterocycles. The van der Waals surface area contributed by atoms with Gasteiger partial charge in [0.25, 0.3) is 5.65 Å². The second kappa shape index (κ2) is 8.68.